The third kappa shape index (κ3) is 3.56. The standard InChI is InChI=1S/C18H29N5O2/c1-12-18(13(2)21(4)20-12)19-17(25)11-22-9-5-7-15(22)16-8-6-10-23(16)14(3)24/h15-16H,5-11H2,1-4H3,(H,19,25)/t15-,16+/m1/s1. The number of nitrogens with one attached hydrogen (secondary N) is 1. The topological polar surface area (TPSA) is 70.5 Å². The van der Waals surface area contributed by atoms with Crippen LogP contribution in [-0.4, -0.2) is 63.1 Å². The Bertz CT molecular complexity index is 669. The first kappa shape index (κ1) is 17.9. The third-order valence-corrected chi connectivity index (χ3v) is 5.68. The summed E-state index contributed by atoms with van der Waals surface area (Å²) >= 11 is 0. The van der Waals surface area contributed by atoms with Gasteiger partial charge in [0.25, 0.3) is 0 Å². The minimum atomic E-state index is -0.00141. The monoisotopic (exact) mass is 347 g/mol. The Morgan fingerprint density at radius 3 is 2.48 bits per heavy atom. The van der Waals surface area contributed by atoms with Gasteiger partial charge in [-0.1, -0.05) is 0 Å². The van der Waals surface area contributed by atoms with Gasteiger partial charge in [0.15, 0.2) is 0 Å². The lowest BCUT2D eigenvalue weighted by atomic mass is 10.0. The highest BCUT2D eigenvalue weighted by atomic mass is 16.2. The van der Waals surface area contributed by atoms with Crippen molar-refractivity contribution in [1.29, 1.82) is 0 Å². The zero-order chi connectivity index (χ0) is 18.1. The molecule has 1 aromatic heterocycles. The summed E-state index contributed by atoms with van der Waals surface area (Å²) in [5.41, 5.74) is 2.61. The molecule has 138 valence electrons. The summed E-state index contributed by atoms with van der Waals surface area (Å²) in [5.74, 6) is 0.152. The van der Waals surface area contributed by atoms with Gasteiger partial charge in [-0.15, -0.1) is 0 Å². The highest BCUT2D eigenvalue weighted by Crippen LogP contribution is 2.30. The van der Waals surface area contributed by atoms with Crippen LogP contribution in [0, 0.1) is 13.8 Å². The number of likely N-dealkylation sites (tertiary alicyclic amines) is 2. The van der Waals surface area contributed by atoms with Crippen LogP contribution >= 0.6 is 0 Å². The normalized spacial score (nSPS) is 24.1. The number of aromatic nitrogens is 2. The minimum absolute atomic E-state index is 0.00141. The molecule has 1 N–H and O–H groups in total. The van der Waals surface area contributed by atoms with Gasteiger partial charge in [0.2, 0.25) is 11.8 Å². The average molecular weight is 347 g/mol. The van der Waals surface area contributed by atoms with Crippen LogP contribution in [-0.2, 0) is 16.6 Å². The van der Waals surface area contributed by atoms with Crippen molar-refractivity contribution in [3.63, 3.8) is 0 Å². The number of amides is 2. The van der Waals surface area contributed by atoms with Crippen molar-refractivity contribution in [2.24, 2.45) is 7.05 Å². The smallest absolute Gasteiger partial charge is 0.238 e. The van der Waals surface area contributed by atoms with Gasteiger partial charge < -0.3 is 10.2 Å². The summed E-state index contributed by atoms with van der Waals surface area (Å²) in [6.45, 7) is 7.66. The minimum Gasteiger partial charge on any atom is -0.338 e. The lowest BCUT2D eigenvalue weighted by Gasteiger charge is -2.34. The van der Waals surface area contributed by atoms with Crippen LogP contribution in [0.15, 0.2) is 0 Å². The van der Waals surface area contributed by atoms with E-state index in [0.29, 0.717) is 12.6 Å². The van der Waals surface area contributed by atoms with E-state index >= 15 is 0 Å². The molecule has 25 heavy (non-hydrogen) atoms. The van der Waals surface area contributed by atoms with Crippen molar-refractivity contribution in [2.45, 2.75) is 58.5 Å². The molecule has 0 bridgehead atoms. The van der Waals surface area contributed by atoms with Crippen molar-refractivity contribution in [3.8, 4) is 0 Å². The Labute approximate surface area is 149 Å². The zero-order valence-electron chi connectivity index (χ0n) is 15.7. The largest absolute Gasteiger partial charge is 0.338 e. The molecule has 2 aliphatic heterocycles. The molecule has 1 aromatic rings. The van der Waals surface area contributed by atoms with E-state index in [2.05, 4.69) is 15.3 Å². The van der Waals surface area contributed by atoms with Crippen LogP contribution in [0.25, 0.3) is 0 Å². The first-order valence-corrected chi connectivity index (χ1v) is 9.19. The molecule has 2 saturated heterocycles. The molecule has 7 heteroatoms. The maximum atomic E-state index is 12.6. The number of carbonyl (C=O) groups is 2. The molecule has 2 fully saturated rings. The van der Waals surface area contributed by atoms with E-state index < -0.39 is 0 Å². The predicted molar refractivity (Wildman–Crippen MR) is 96.3 cm³/mol. The van der Waals surface area contributed by atoms with E-state index in [-0.39, 0.29) is 17.9 Å². The summed E-state index contributed by atoms with van der Waals surface area (Å²) in [7, 11) is 1.88. The van der Waals surface area contributed by atoms with Gasteiger partial charge in [-0.25, -0.2) is 0 Å². The van der Waals surface area contributed by atoms with E-state index in [1.54, 1.807) is 11.6 Å². The fraction of sp³-hybridized carbons (Fsp3) is 0.722. The number of hydrogen-bond donors (Lipinski definition) is 1. The SMILES string of the molecule is CC(=O)N1CCC[C@H]1[C@H]1CCCN1CC(=O)Nc1c(C)nn(C)c1C. The molecule has 3 heterocycles. The fourth-order valence-electron chi connectivity index (χ4n) is 4.39. The molecule has 0 radical (unpaired) electrons. The number of hydrogen-bond acceptors (Lipinski definition) is 4. The summed E-state index contributed by atoms with van der Waals surface area (Å²) in [6.07, 6.45) is 4.26. The molecule has 0 aromatic carbocycles. The number of carbonyl (C=O) groups excluding carboxylic acids is 2. The molecule has 2 aliphatic rings. The van der Waals surface area contributed by atoms with E-state index in [0.717, 1.165) is 55.8 Å². The second-order valence-corrected chi connectivity index (χ2v) is 7.32. The molecular weight excluding hydrogens is 318 g/mol. The Hall–Kier alpha value is -1.89. The van der Waals surface area contributed by atoms with Crippen LogP contribution in [0.4, 0.5) is 5.69 Å². The molecule has 2 atom stereocenters. The maximum Gasteiger partial charge on any atom is 0.238 e. The van der Waals surface area contributed by atoms with E-state index in [1.165, 1.54) is 0 Å². The third-order valence-electron chi connectivity index (χ3n) is 5.68. The van der Waals surface area contributed by atoms with Crippen LogP contribution in [0.1, 0.15) is 44.0 Å². The Balaban J connectivity index is 1.65. The molecule has 0 spiro atoms. The Morgan fingerprint density at radius 2 is 1.84 bits per heavy atom. The van der Waals surface area contributed by atoms with Gasteiger partial charge in [0.1, 0.15) is 0 Å². The molecular formula is C18H29N5O2. The van der Waals surface area contributed by atoms with Crippen molar-refractivity contribution in [3.05, 3.63) is 11.4 Å². The Kier molecular flexibility index (Phi) is 5.13. The van der Waals surface area contributed by atoms with Gasteiger partial charge in [-0.05, 0) is 46.1 Å². The molecule has 0 unspecified atom stereocenters. The van der Waals surface area contributed by atoms with Gasteiger partial charge in [0.05, 0.1) is 23.6 Å². The first-order chi connectivity index (χ1) is 11.9. The van der Waals surface area contributed by atoms with Gasteiger partial charge in [-0.3, -0.25) is 19.2 Å². The van der Waals surface area contributed by atoms with Crippen LogP contribution in [0.3, 0.4) is 0 Å². The second kappa shape index (κ2) is 7.15. The Morgan fingerprint density at radius 1 is 1.16 bits per heavy atom. The predicted octanol–water partition coefficient (Wildman–Crippen LogP) is 1.45. The maximum absolute atomic E-state index is 12.6. The molecule has 0 aliphatic carbocycles. The quantitative estimate of drug-likeness (QED) is 0.895. The van der Waals surface area contributed by atoms with Crippen LogP contribution in [0.5, 0.6) is 0 Å². The molecule has 7 nitrogen and oxygen atoms in total. The molecule has 0 saturated carbocycles. The molecule has 2 amide bonds. The van der Waals surface area contributed by atoms with Gasteiger partial charge >= 0.3 is 0 Å². The lowest BCUT2D eigenvalue weighted by molar-refractivity contribution is -0.130. The van der Waals surface area contributed by atoms with Gasteiger partial charge in [0, 0.05) is 32.6 Å². The summed E-state index contributed by atoms with van der Waals surface area (Å²) in [6, 6.07) is 0.558. The summed E-state index contributed by atoms with van der Waals surface area (Å²) in [4.78, 5) is 28.7. The van der Waals surface area contributed by atoms with Crippen molar-refractivity contribution < 1.29 is 9.59 Å². The van der Waals surface area contributed by atoms with Crippen LogP contribution in [0.2, 0.25) is 0 Å². The number of anilines is 1. The summed E-state index contributed by atoms with van der Waals surface area (Å²) < 4.78 is 1.78. The van der Waals surface area contributed by atoms with Crippen molar-refractivity contribution in [1.82, 2.24) is 19.6 Å². The molecule has 3 rings (SSSR count). The van der Waals surface area contributed by atoms with Crippen LogP contribution < -0.4 is 5.32 Å². The van der Waals surface area contributed by atoms with Crippen molar-refractivity contribution in [2.75, 3.05) is 25.0 Å². The second-order valence-electron chi connectivity index (χ2n) is 7.32. The van der Waals surface area contributed by atoms with Gasteiger partial charge in [-0.2, -0.15) is 5.10 Å². The van der Waals surface area contributed by atoms with Crippen molar-refractivity contribution >= 4 is 17.5 Å². The van der Waals surface area contributed by atoms with E-state index in [4.69, 9.17) is 0 Å². The summed E-state index contributed by atoms with van der Waals surface area (Å²) in [5, 5.41) is 7.37. The number of aryl methyl sites for hydroxylation is 2. The highest BCUT2D eigenvalue weighted by Gasteiger charge is 2.39. The fourth-order valence-corrected chi connectivity index (χ4v) is 4.39. The zero-order valence-corrected chi connectivity index (χ0v) is 15.7. The van der Waals surface area contributed by atoms with E-state index in [1.807, 2.05) is 25.8 Å². The number of rotatable bonds is 4. The lowest BCUT2D eigenvalue weighted by Crippen LogP contribution is -2.49. The highest BCUT2D eigenvalue weighted by molar-refractivity contribution is 5.93. The number of nitrogens with zero attached hydrogens (tertiary/aromatic N) is 4. The average Bonchev–Trinajstić information content (AvgIpc) is 3.24. The first-order valence-electron chi connectivity index (χ1n) is 9.19. The van der Waals surface area contributed by atoms with E-state index in [9.17, 15) is 9.59 Å².